The van der Waals surface area contributed by atoms with Gasteiger partial charge in [-0.2, -0.15) is 0 Å². The first-order chi connectivity index (χ1) is 11.2. The molecule has 1 aliphatic rings. The van der Waals surface area contributed by atoms with Crippen molar-refractivity contribution in [1.82, 2.24) is 10.6 Å². The minimum Gasteiger partial charge on any atom is -0.306 e. The molecule has 6 N–H and O–H groups in total. The van der Waals surface area contributed by atoms with E-state index in [0.29, 0.717) is 16.5 Å². The summed E-state index contributed by atoms with van der Waals surface area (Å²) in [5, 5.41) is 36.4. The van der Waals surface area contributed by atoms with Gasteiger partial charge in [-0.1, -0.05) is 0 Å². The molecule has 1 rings (SSSR count). The van der Waals surface area contributed by atoms with Crippen molar-refractivity contribution in [3.05, 3.63) is 0 Å². The van der Waals surface area contributed by atoms with E-state index >= 15 is 0 Å². The summed E-state index contributed by atoms with van der Waals surface area (Å²) in [5.41, 5.74) is 0. The zero-order chi connectivity index (χ0) is 18.3. The number of rotatable bonds is 3. The summed E-state index contributed by atoms with van der Waals surface area (Å²) in [6.45, 7) is 2.65. The normalized spacial score (nSPS) is 19.4. The molecule has 0 heterocycles. The van der Waals surface area contributed by atoms with E-state index in [-0.39, 0.29) is 34.0 Å². The number of carbonyl (C=O) groups excluding carboxylic acids is 2. The van der Waals surface area contributed by atoms with Crippen molar-refractivity contribution in [3.63, 3.8) is 0 Å². The molecule has 10 heteroatoms. The second-order valence-electron chi connectivity index (χ2n) is 5.59. The first-order valence-electron chi connectivity index (χ1n) is 7.41. The minimum atomic E-state index is -0.326. The van der Waals surface area contributed by atoms with Crippen molar-refractivity contribution in [1.29, 1.82) is 21.6 Å². The fraction of sp³-hybridized carbons (Fsp3) is 0.571. The number of amidine groups is 2. The van der Waals surface area contributed by atoms with E-state index in [9.17, 15) is 9.59 Å². The number of nitrogens with one attached hydrogen (secondary N) is 6. The Labute approximate surface area is 149 Å². The summed E-state index contributed by atoms with van der Waals surface area (Å²) < 4.78 is 0. The van der Waals surface area contributed by atoms with Gasteiger partial charge in [-0.3, -0.25) is 31.2 Å². The molecule has 132 valence electrons. The van der Waals surface area contributed by atoms with Crippen LogP contribution in [-0.2, 0) is 9.59 Å². The number of hydrogen-bond acceptors (Lipinski definition) is 8. The molecule has 1 fully saturated rings. The molecule has 0 bridgehead atoms. The molecule has 1 saturated carbocycles. The lowest BCUT2D eigenvalue weighted by atomic mass is 10.0. The number of thioether (sulfide) groups is 2. The smallest absolute Gasteiger partial charge is 0.222 e. The van der Waals surface area contributed by atoms with E-state index in [2.05, 4.69) is 10.6 Å². The molecule has 0 aromatic rings. The number of amides is 2. The number of hydrogen-bond donors (Lipinski definition) is 6. The molecule has 1 aliphatic carbocycles. The number of carbonyl (C=O) groups is 2. The molecular formula is C14H22N6O2S2. The van der Waals surface area contributed by atoms with Crippen LogP contribution in [0, 0.1) is 33.5 Å². The van der Waals surface area contributed by atoms with Crippen LogP contribution in [-0.4, -0.2) is 32.2 Å². The van der Waals surface area contributed by atoms with Gasteiger partial charge in [0.1, 0.15) is 0 Å². The van der Waals surface area contributed by atoms with E-state index in [0.717, 1.165) is 42.8 Å². The van der Waals surface area contributed by atoms with Crippen LogP contribution in [0.5, 0.6) is 0 Å². The van der Waals surface area contributed by atoms with E-state index in [1.54, 1.807) is 0 Å². The largest absolute Gasteiger partial charge is 0.306 e. The van der Waals surface area contributed by atoms with Crippen molar-refractivity contribution in [2.45, 2.75) is 39.5 Å². The predicted octanol–water partition coefficient (Wildman–Crippen LogP) is 2.36. The summed E-state index contributed by atoms with van der Waals surface area (Å²) in [7, 11) is 0. The van der Waals surface area contributed by atoms with E-state index in [1.807, 2.05) is 0 Å². The Bertz CT molecular complexity index is 578. The SMILES string of the molecule is CC(=O)NC(=N)SC(=N)C[C@@H]1CC[C@H](C(=N)SC(=N)NC(C)=O)C1. The predicted molar refractivity (Wildman–Crippen MR) is 99.2 cm³/mol. The summed E-state index contributed by atoms with van der Waals surface area (Å²) in [5.74, 6) is -0.345. The molecule has 0 aromatic carbocycles. The van der Waals surface area contributed by atoms with Crippen molar-refractivity contribution >= 4 is 55.8 Å². The van der Waals surface area contributed by atoms with Gasteiger partial charge in [0.05, 0.1) is 10.1 Å². The van der Waals surface area contributed by atoms with Crippen LogP contribution < -0.4 is 10.6 Å². The first-order valence-corrected chi connectivity index (χ1v) is 9.04. The highest BCUT2D eigenvalue weighted by molar-refractivity contribution is 8.26. The van der Waals surface area contributed by atoms with E-state index in [1.165, 1.54) is 13.8 Å². The van der Waals surface area contributed by atoms with Gasteiger partial charge in [-0.05, 0) is 55.1 Å². The maximum Gasteiger partial charge on any atom is 0.222 e. The van der Waals surface area contributed by atoms with Crippen LogP contribution in [0.3, 0.4) is 0 Å². The standard InChI is InChI=1S/C14H22N6O2S2/c1-7(21)19-13(17)23-11(15)6-9-3-4-10(5-9)12(16)24-14(18)20-8(2)22/h9-10,15-16H,3-6H2,1-2H3,(H2,17,19,21)(H2,18,20,22)/t9-,10+/m1/s1. The lowest BCUT2D eigenvalue weighted by Crippen LogP contribution is -2.26. The Morgan fingerprint density at radius 2 is 1.50 bits per heavy atom. The van der Waals surface area contributed by atoms with E-state index < -0.39 is 0 Å². The van der Waals surface area contributed by atoms with Gasteiger partial charge in [0.15, 0.2) is 10.3 Å². The van der Waals surface area contributed by atoms with Gasteiger partial charge < -0.3 is 10.6 Å². The first kappa shape index (κ1) is 20.4. The summed E-state index contributed by atoms with van der Waals surface area (Å²) in [6, 6.07) is 0. The molecule has 0 aromatic heterocycles. The van der Waals surface area contributed by atoms with Crippen LogP contribution >= 0.6 is 23.5 Å². The van der Waals surface area contributed by atoms with Gasteiger partial charge in [0.2, 0.25) is 11.8 Å². The minimum absolute atomic E-state index is 0.0389. The van der Waals surface area contributed by atoms with Crippen molar-refractivity contribution in [2.24, 2.45) is 11.8 Å². The van der Waals surface area contributed by atoms with Crippen LogP contribution in [0.25, 0.3) is 0 Å². The molecule has 0 radical (unpaired) electrons. The van der Waals surface area contributed by atoms with Crippen molar-refractivity contribution in [3.8, 4) is 0 Å². The Morgan fingerprint density at radius 3 is 2.04 bits per heavy atom. The molecule has 2 amide bonds. The zero-order valence-electron chi connectivity index (χ0n) is 13.6. The lowest BCUT2D eigenvalue weighted by Gasteiger charge is -2.13. The molecule has 8 nitrogen and oxygen atoms in total. The quantitative estimate of drug-likeness (QED) is 0.333. The molecule has 0 saturated heterocycles. The summed E-state index contributed by atoms with van der Waals surface area (Å²) in [6.07, 6.45) is 2.99. The third-order valence-corrected chi connectivity index (χ3v) is 4.98. The second kappa shape index (κ2) is 9.58. The highest BCUT2D eigenvalue weighted by Gasteiger charge is 2.29. The van der Waals surface area contributed by atoms with Crippen molar-refractivity contribution < 1.29 is 9.59 Å². The average molecular weight is 371 g/mol. The van der Waals surface area contributed by atoms with Gasteiger partial charge in [0.25, 0.3) is 0 Å². The fourth-order valence-corrected chi connectivity index (χ4v) is 4.05. The highest BCUT2D eigenvalue weighted by Crippen LogP contribution is 2.37. The monoisotopic (exact) mass is 370 g/mol. The Balaban J connectivity index is 2.37. The molecule has 0 unspecified atom stereocenters. The maximum atomic E-state index is 10.9. The topological polar surface area (TPSA) is 154 Å². The van der Waals surface area contributed by atoms with Crippen LogP contribution in [0.2, 0.25) is 0 Å². The van der Waals surface area contributed by atoms with Crippen LogP contribution in [0.1, 0.15) is 39.5 Å². The molecule has 24 heavy (non-hydrogen) atoms. The summed E-state index contributed by atoms with van der Waals surface area (Å²) in [4.78, 5) is 21.7. The van der Waals surface area contributed by atoms with Crippen LogP contribution in [0.4, 0.5) is 0 Å². The lowest BCUT2D eigenvalue weighted by molar-refractivity contribution is -0.118. The second-order valence-corrected chi connectivity index (χ2v) is 7.75. The highest BCUT2D eigenvalue weighted by atomic mass is 32.2. The van der Waals surface area contributed by atoms with Gasteiger partial charge >= 0.3 is 0 Å². The average Bonchev–Trinajstić information content (AvgIpc) is 2.84. The molecular weight excluding hydrogens is 348 g/mol. The van der Waals surface area contributed by atoms with Gasteiger partial charge in [-0.25, -0.2) is 0 Å². The Hall–Kier alpha value is -1.68. The molecule has 2 atom stereocenters. The molecule has 0 spiro atoms. The summed E-state index contributed by atoms with van der Waals surface area (Å²) >= 11 is 1.89. The Morgan fingerprint density at radius 1 is 0.958 bits per heavy atom. The molecule has 0 aliphatic heterocycles. The van der Waals surface area contributed by atoms with Gasteiger partial charge in [-0.15, -0.1) is 0 Å². The fourth-order valence-electron chi connectivity index (χ4n) is 2.49. The van der Waals surface area contributed by atoms with Crippen LogP contribution in [0.15, 0.2) is 0 Å². The maximum absolute atomic E-state index is 10.9. The van der Waals surface area contributed by atoms with Gasteiger partial charge in [0, 0.05) is 19.8 Å². The third-order valence-electron chi connectivity index (χ3n) is 3.40. The zero-order valence-corrected chi connectivity index (χ0v) is 15.2. The van der Waals surface area contributed by atoms with Crippen molar-refractivity contribution in [2.75, 3.05) is 0 Å². The third kappa shape index (κ3) is 7.73. The van der Waals surface area contributed by atoms with E-state index in [4.69, 9.17) is 21.6 Å². The Kier molecular flexibility index (Phi) is 8.13.